The van der Waals surface area contributed by atoms with E-state index in [9.17, 15) is 0 Å². The highest BCUT2D eigenvalue weighted by atomic mass is 32.2. The fourth-order valence-corrected chi connectivity index (χ4v) is 3.80. The Morgan fingerprint density at radius 3 is 2.84 bits per heavy atom. The molecule has 2 aromatic rings. The van der Waals surface area contributed by atoms with Gasteiger partial charge in [0.05, 0.1) is 19.2 Å². The Kier molecular flexibility index (Phi) is 6.90. The number of hydrogen-bond donors (Lipinski definition) is 0. The second kappa shape index (κ2) is 9.36. The third-order valence-corrected chi connectivity index (χ3v) is 5.31. The van der Waals surface area contributed by atoms with Crippen molar-refractivity contribution in [2.75, 3.05) is 26.5 Å². The van der Waals surface area contributed by atoms with Crippen LogP contribution in [0.1, 0.15) is 30.7 Å². The second-order valence-corrected chi connectivity index (χ2v) is 7.45. The highest BCUT2D eigenvalue weighted by Crippen LogP contribution is 2.20. The number of aryl methyl sites for hydroxylation is 1. The van der Waals surface area contributed by atoms with E-state index in [4.69, 9.17) is 4.74 Å². The summed E-state index contributed by atoms with van der Waals surface area (Å²) in [6.07, 6.45) is 6.93. The Morgan fingerprint density at radius 2 is 2.12 bits per heavy atom. The zero-order valence-corrected chi connectivity index (χ0v) is 16.0. The van der Waals surface area contributed by atoms with Crippen LogP contribution in [0.4, 0.5) is 0 Å². The van der Waals surface area contributed by atoms with Crippen molar-refractivity contribution in [2.24, 2.45) is 0 Å². The molecule has 1 aliphatic rings. The van der Waals surface area contributed by atoms with E-state index in [2.05, 4.69) is 63.3 Å². The van der Waals surface area contributed by atoms with Crippen LogP contribution in [-0.4, -0.2) is 52.2 Å². The molecular formula is C19H28N4OS. The molecule has 0 amide bonds. The van der Waals surface area contributed by atoms with E-state index in [-0.39, 0.29) is 0 Å². The molecule has 0 N–H and O–H groups in total. The van der Waals surface area contributed by atoms with Crippen molar-refractivity contribution < 1.29 is 4.74 Å². The molecule has 2 heterocycles. The molecule has 3 rings (SSSR count). The number of rotatable bonds is 9. The van der Waals surface area contributed by atoms with Crippen LogP contribution in [-0.2, 0) is 24.2 Å². The quantitative estimate of drug-likeness (QED) is 0.642. The van der Waals surface area contributed by atoms with Gasteiger partial charge in [-0.05, 0) is 51.1 Å². The summed E-state index contributed by atoms with van der Waals surface area (Å²) in [4.78, 5) is 2.34. The molecule has 1 aromatic heterocycles. The van der Waals surface area contributed by atoms with Gasteiger partial charge in [-0.3, -0.25) is 4.90 Å². The van der Waals surface area contributed by atoms with E-state index in [1.165, 1.54) is 5.56 Å². The molecule has 5 nitrogen and oxygen atoms in total. The van der Waals surface area contributed by atoms with Gasteiger partial charge >= 0.3 is 0 Å². The highest BCUT2D eigenvalue weighted by molar-refractivity contribution is 7.98. The van der Waals surface area contributed by atoms with E-state index in [1.807, 2.05) is 0 Å². The molecule has 1 aromatic carbocycles. The normalized spacial score (nSPS) is 17.5. The first-order chi connectivity index (χ1) is 12.3. The number of nitrogens with zero attached hydrogens (tertiary/aromatic N) is 4. The zero-order chi connectivity index (χ0) is 17.5. The molecule has 6 heteroatoms. The van der Waals surface area contributed by atoms with Gasteiger partial charge in [0.2, 0.25) is 0 Å². The average molecular weight is 361 g/mol. The number of benzene rings is 1. The van der Waals surface area contributed by atoms with Gasteiger partial charge in [0.1, 0.15) is 5.82 Å². The van der Waals surface area contributed by atoms with Crippen LogP contribution in [0.25, 0.3) is 0 Å². The number of ether oxygens (including phenoxy) is 1. The molecule has 0 saturated carbocycles. The smallest absolute Gasteiger partial charge is 0.191 e. The van der Waals surface area contributed by atoms with E-state index >= 15 is 0 Å². The first-order valence-corrected chi connectivity index (χ1v) is 10.3. The van der Waals surface area contributed by atoms with Gasteiger partial charge in [-0.25, -0.2) is 0 Å². The summed E-state index contributed by atoms with van der Waals surface area (Å²) in [7, 11) is 2.16. The van der Waals surface area contributed by atoms with Crippen molar-refractivity contribution in [2.45, 2.75) is 50.0 Å². The minimum Gasteiger partial charge on any atom is -0.376 e. The zero-order valence-electron chi connectivity index (χ0n) is 15.2. The highest BCUT2D eigenvalue weighted by Gasteiger charge is 2.21. The third kappa shape index (κ3) is 5.30. The van der Waals surface area contributed by atoms with Crippen molar-refractivity contribution in [1.29, 1.82) is 0 Å². The van der Waals surface area contributed by atoms with E-state index in [0.29, 0.717) is 6.10 Å². The third-order valence-electron chi connectivity index (χ3n) is 4.65. The summed E-state index contributed by atoms with van der Waals surface area (Å²) < 4.78 is 8.04. The summed E-state index contributed by atoms with van der Waals surface area (Å²) in [5, 5.41) is 9.77. The number of thioether (sulfide) groups is 1. The van der Waals surface area contributed by atoms with Crippen molar-refractivity contribution >= 4 is 11.8 Å². The Hall–Kier alpha value is -1.37. The van der Waals surface area contributed by atoms with Crippen molar-refractivity contribution in [3.8, 4) is 0 Å². The van der Waals surface area contributed by atoms with Crippen LogP contribution in [0.3, 0.4) is 0 Å². The van der Waals surface area contributed by atoms with Gasteiger partial charge in [0, 0.05) is 6.61 Å². The maximum Gasteiger partial charge on any atom is 0.191 e. The molecule has 0 radical (unpaired) electrons. The van der Waals surface area contributed by atoms with Gasteiger partial charge in [0.25, 0.3) is 0 Å². The Bertz CT molecular complexity index is 640. The molecule has 1 atom stereocenters. The molecule has 1 saturated heterocycles. The molecule has 136 valence electrons. The maximum atomic E-state index is 5.80. The molecule has 1 fully saturated rings. The standard InChI is InChI=1S/C19H28N4OS/c1-22(12-6-10-16-8-4-3-5-9-16)15-18-20-21-19(25-2)23(18)14-17-11-7-13-24-17/h3-5,8-9,17H,6-7,10-15H2,1-2H3/t17-/m1/s1. The van der Waals surface area contributed by atoms with Gasteiger partial charge < -0.3 is 9.30 Å². The van der Waals surface area contributed by atoms with Crippen molar-refractivity contribution in [3.63, 3.8) is 0 Å². The lowest BCUT2D eigenvalue weighted by Crippen LogP contribution is -2.24. The largest absolute Gasteiger partial charge is 0.376 e. The predicted octanol–water partition coefficient (Wildman–Crippen LogP) is 3.24. The summed E-state index contributed by atoms with van der Waals surface area (Å²) >= 11 is 1.66. The summed E-state index contributed by atoms with van der Waals surface area (Å²) in [5.74, 6) is 1.04. The van der Waals surface area contributed by atoms with Crippen LogP contribution >= 0.6 is 11.8 Å². The Morgan fingerprint density at radius 1 is 1.28 bits per heavy atom. The molecular weight excluding hydrogens is 332 g/mol. The molecule has 0 spiro atoms. The summed E-state index contributed by atoms with van der Waals surface area (Å²) in [6, 6.07) is 10.7. The molecule has 1 aliphatic heterocycles. The van der Waals surface area contributed by atoms with Crippen LogP contribution in [0.2, 0.25) is 0 Å². The fraction of sp³-hybridized carbons (Fsp3) is 0.579. The molecule has 25 heavy (non-hydrogen) atoms. The van der Waals surface area contributed by atoms with Crippen LogP contribution in [0.15, 0.2) is 35.5 Å². The lowest BCUT2D eigenvalue weighted by atomic mass is 10.1. The van der Waals surface area contributed by atoms with Gasteiger partial charge in [-0.2, -0.15) is 0 Å². The van der Waals surface area contributed by atoms with Crippen LogP contribution in [0.5, 0.6) is 0 Å². The number of aromatic nitrogens is 3. The SMILES string of the molecule is CSc1nnc(CN(C)CCCc2ccccc2)n1C[C@H]1CCCO1. The fourth-order valence-electron chi connectivity index (χ4n) is 3.28. The molecule has 0 unspecified atom stereocenters. The van der Waals surface area contributed by atoms with E-state index < -0.39 is 0 Å². The number of hydrogen-bond acceptors (Lipinski definition) is 5. The van der Waals surface area contributed by atoms with Gasteiger partial charge in [-0.1, -0.05) is 42.1 Å². The minimum absolute atomic E-state index is 0.309. The van der Waals surface area contributed by atoms with E-state index in [0.717, 1.165) is 62.9 Å². The second-order valence-electron chi connectivity index (χ2n) is 6.68. The van der Waals surface area contributed by atoms with Crippen molar-refractivity contribution in [3.05, 3.63) is 41.7 Å². The first-order valence-electron chi connectivity index (χ1n) is 9.06. The molecule has 0 bridgehead atoms. The molecule has 0 aliphatic carbocycles. The van der Waals surface area contributed by atoms with Crippen LogP contribution < -0.4 is 0 Å². The topological polar surface area (TPSA) is 43.2 Å². The summed E-state index contributed by atoms with van der Waals surface area (Å²) in [6.45, 7) is 3.64. The van der Waals surface area contributed by atoms with Gasteiger partial charge in [-0.15, -0.1) is 10.2 Å². The minimum atomic E-state index is 0.309. The Balaban J connectivity index is 1.53. The van der Waals surface area contributed by atoms with E-state index in [1.54, 1.807) is 11.8 Å². The first kappa shape index (κ1) is 18.4. The lowest BCUT2D eigenvalue weighted by molar-refractivity contribution is 0.0935. The lowest BCUT2D eigenvalue weighted by Gasteiger charge is -2.18. The van der Waals surface area contributed by atoms with Crippen molar-refractivity contribution in [1.82, 2.24) is 19.7 Å². The van der Waals surface area contributed by atoms with Gasteiger partial charge in [0.15, 0.2) is 5.16 Å². The Labute approximate surface area is 154 Å². The monoisotopic (exact) mass is 360 g/mol. The maximum absolute atomic E-state index is 5.80. The summed E-state index contributed by atoms with van der Waals surface area (Å²) in [5.41, 5.74) is 1.40. The predicted molar refractivity (Wildman–Crippen MR) is 102 cm³/mol. The van der Waals surface area contributed by atoms with Crippen LogP contribution in [0, 0.1) is 0 Å². The average Bonchev–Trinajstić information content (AvgIpc) is 3.27.